The van der Waals surface area contributed by atoms with Crippen LogP contribution in [0.4, 0.5) is 0 Å². The number of sulfone groups is 2. The van der Waals surface area contributed by atoms with Crippen LogP contribution in [0.15, 0.2) is 0 Å². The summed E-state index contributed by atoms with van der Waals surface area (Å²) in [4.78, 5) is 2.56. The van der Waals surface area contributed by atoms with Gasteiger partial charge in [-0.2, -0.15) is 0 Å². The average Bonchev–Trinajstić information content (AvgIpc) is 2.28. The van der Waals surface area contributed by atoms with Crippen molar-refractivity contribution in [3.63, 3.8) is 0 Å². The van der Waals surface area contributed by atoms with Crippen molar-refractivity contribution in [2.24, 2.45) is 0 Å². The molecule has 0 spiro atoms. The molecule has 0 saturated heterocycles. The predicted molar refractivity (Wildman–Crippen MR) is 70.6 cm³/mol. The normalized spacial score (nSPS) is 14.3. The average molecular weight is 296 g/mol. The first kappa shape index (κ1) is 17.3. The van der Waals surface area contributed by atoms with Crippen LogP contribution >= 0.6 is 0 Å². The molecule has 0 aromatic heterocycles. The lowest BCUT2D eigenvalue weighted by molar-refractivity contribution is 0.00366. The maximum Gasteiger partial charge on any atom is 0.495 e. The van der Waals surface area contributed by atoms with E-state index < -0.39 is 34.6 Å². The van der Waals surface area contributed by atoms with Gasteiger partial charge in [-0.1, -0.05) is 20.8 Å². The Morgan fingerprint density at radius 2 is 1.44 bits per heavy atom. The zero-order valence-electron chi connectivity index (χ0n) is 11.1. The summed E-state index contributed by atoms with van der Waals surface area (Å²) in [6.07, 6.45) is 0.793. The monoisotopic (exact) mass is 296 g/mol. The molecule has 0 fully saturated rings. The lowest BCUT2D eigenvalue weighted by Gasteiger charge is -2.12. The Morgan fingerprint density at radius 1 is 1.00 bits per heavy atom. The van der Waals surface area contributed by atoms with Crippen molar-refractivity contribution in [3.05, 3.63) is 5.53 Å². The van der Waals surface area contributed by atoms with E-state index in [1.807, 2.05) is 0 Å². The molecule has 1 unspecified atom stereocenters. The third-order valence-corrected chi connectivity index (χ3v) is 8.49. The minimum atomic E-state index is -4.11. The second-order valence-electron chi connectivity index (χ2n) is 4.11. The van der Waals surface area contributed by atoms with Crippen molar-refractivity contribution in [1.82, 2.24) is 0 Å². The molecule has 106 valence electrons. The van der Waals surface area contributed by atoms with Gasteiger partial charge in [-0.3, -0.25) is 0 Å². The van der Waals surface area contributed by atoms with E-state index in [1.54, 1.807) is 20.8 Å². The summed E-state index contributed by atoms with van der Waals surface area (Å²) in [7, 11) is -8.23. The Morgan fingerprint density at radius 3 is 1.72 bits per heavy atom. The molecule has 8 heteroatoms. The first-order valence-electron chi connectivity index (χ1n) is 5.89. The highest BCUT2D eigenvalue weighted by Gasteiger charge is 2.47. The molecule has 0 radical (unpaired) electrons. The van der Waals surface area contributed by atoms with E-state index in [4.69, 9.17) is 5.53 Å². The van der Waals surface area contributed by atoms with Gasteiger partial charge in [0.2, 0.25) is 0 Å². The lowest BCUT2D eigenvalue weighted by Crippen LogP contribution is -2.38. The quantitative estimate of drug-likeness (QED) is 0.331. The summed E-state index contributed by atoms with van der Waals surface area (Å²) in [6.45, 7) is 6.32. The van der Waals surface area contributed by atoms with E-state index in [0.717, 1.165) is 0 Å². The number of hydrogen-bond donors (Lipinski definition) is 0. The molecule has 0 aromatic rings. The summed E-state index contributed by atoms with van der Waals surface area (Å²) in [5.41, 5.74) is 8.81. The number of hydrogen-bond acceptors (Lipinski definition) is 4. The van der Waals surface area contributed by atoms with E-state index in [-0.39, 0.29) is 19.3 Å². The fraction of sp³-hybridized carbons (Fsp3) is 0.900. The highest BCUT2D eigenvalue weighted by molar-refractivity contribution is 8.31. The van der Waals surface area contributed by atoms with Gasteiger partial charge >= 0.3 is 4.38 Å². The van der Waals surface area contributed by atoms with Crippen molar-refractivity contribution in [1.29, 1.82) is 0 Å². The van der Waals surface area contributed by atoms with Crippen LogP contribution in [-0.2, 0) is 19.7 Å². The number of nitrogens with zero attached hydrogens (tertiary/aromatic N) is 2. The molecule has 0 aliphatic carbocycles. The molecular weight excluding hydrogens is 276 g/mol. The first-order chi connectivity index (χ1) is 8.19. The second kappa shape index (κ2) is 6.45. The Bertz CT molecular complexity index is 526. The van der Waals surface area contributed by atoms with Crippen LogP contribution in [0.5, 0.6) is 0 Å². The van der Waals surface area contributed by atoms with Crippen LogP contribution in [0.2, 0.25) is 0 Å². The van der Waals surface area contributed by atoms with E-state index in [9.17, 15) is 16.8 Å². The largest absolute Gasteiger partial charge is 0.495 e. The molecule has 0 aromatic carbocycles. The van der Waals surface area contributed by atoms with Gasteiger partial charge in [0.15, 0.2) is 0 Å². The van der Waals surface area contributed by atoms with Crippen LogP contribution in [0.25, 0.3) is 5.53 Å². The third kappa shape index (κ3) is 3.18. The van der Waals surface area contributed by atoms with Crippen molar-refractivity contribution in [3.8, 4) is 0 Å². The van der Waals surface area contributed by atoms with Gasteiger partial charge in [-0.15, -0.1) is 4.79 Å². The molecule has 6 nitrogen and oxygen atoms in total. The standard InChI is InChI=1S/C10H20N2O4S2/c1-5-8(4)17(13,14)10(12-11)18(15,16)9(6-2)7-3/h8-9H,5-7H2,1-4H3. The first-order valence-corrected chi connectivity index (χ1v) is 8.99. The molecule has 0 amide bonds. The summed E-state index contributed by atoms with van der Waals surface area (Å²) in [5.74, 6) is 0. The van der Waals surface area contributed by atoms with Crippen molar-refractivity contribution in [2.45, 2.75) is 57.5 Å². The van der Waals surface area contributed by atoms with E-state index in [0.29, 0.717) is 0 Å². The van der Waals surface area contributed by atoms with Crippen LogP contribution in [0.1, 0.15) is 47.0 Å². The highest BCUT2D eigenvalue weighted by atomic mass is 32.3. The highest BCUT2D eigenvalue weighted by Crippen LogP contribution is 2.18. The van der Waals surface area contributed by atoms with Crippen LogP contribution in [-0.4, -0.2) is 36.5 Å². The Labute approximate surface area is 109 Å². The fourth-order valence-electron chi connectivity index (χ4n) is 1.54. The van der Waals surface area contributed by atoms with Gasteiger partial charge in [-0.05, 0) is 26.2 Å². The van der Waals surface area contributed by atoms with Gasteiger partial charge in [0, 0.05) is 0 Å². The predicted octanol–water partition coefficient (Wildman–Crippen LogP) is 1.39. The number of rotatable bonds is 5. The lowest BCUT2D eigenvalue weighted by atomic mass is 10.3. The Kier molecular flexibility index (Phi) is 6.19. The molecule has 0 bridgehead atoms. The second-order valence-corrected chi connectivity index (χ2v) is 8.80. The summed E-state index contributed by atoms with van der Waals surface area (Å²) < 4.78 is 47.2. The van der Waals surface area contributed by atoms with Crippen molar-refractivity contribution in [2.75, 3.05) is 0 Å². The van der Waals surface area contributed by atoms with Gasteiger partial charge in [0.25, 0.3) is 19.7 Å². The van der Waals surface area contributed by atoms with E-state index in [1.165, 1.54) is 6.92 Å². The molecular formula is C10H20N2O4S2. The summed E-state index contributed by atoms with van der Waals surface area (Å²) in [5, 5.41) is -1.74. The van der Waals surface area contributed by atoms with Gasteiger partial charge in [-0.25, -0.2) is 16.8 Å². The molecule has 0 rings (SSSR count). The Balaban J connectivity index is 5.87. The van der Waals surface area contributed by atoms with Gasteiger partial charge in [0.05, 0.1) is 10.5 Å². The third-order valence-electron chi connectivity index (χ3n) is 3.02. The molecule has 1 atom stereocenters. The molecule has 0 aliphatic heterocycles. The molecule has 0 saturated carbocycles. The minimum Gasteiger partial charge on any atom is -0.359 e. The topological polar surface area (TPSA) is 105 Å². The maximum absolute atomic E-state index is 12.1. The van der Waals surface area contributed by atoms with Crippen molar-refractivity contribution >= 4 is 24.1 Å². The van der Waals surface area contributed by atoms with Crippen molar-refractivity contribution < 1.29 is 21.6 Å². The fourth-order valence-corrected chi connectivity index (χ4v) is 5.91. The van der Waals surface area contributed by atoms with Crippen LogP contribution in [0.3, 0.4) is 0 Å². The zero-order chi connectivity index (χ0) is 14.6. The smallest absolute Gasteiger partial charge is 0.359 e. The Hall–Kier alpha value is -0.720. The molecule has 0 heterocycles. The molecule has 18 heavy (non-hydrogen) atoms. The van der Waals surface area contributed by atoms with Gasteiger partial charge < -0.3 is 5.53 Å². The van der Waals surface area contributed by atoms with E-state index in [2.05, 4.69) is 4.79 Å². The SMILES string of the molecule is CCC(C)S(=O)(=O)C(=[N+]=[N-])S(=O)(=O)C(CC)CC. The summed E-state index contributed by atoms with van der Waals surface area (Å²) >= 11 is 0. The molecule has 0 aliphatic rings. The van der Waals surface area contributed by atoms with Gasteiger partial charge in [0.1, 0.15) is 0 Å². The summed E-state index contributed by atoms with van der Waals surface area (Å²) in [6, 6.07) is 0. The minimum absolute atomic E-state index is 0.250. The maximum atomic E-state index is 12.1. The molecule has 0 N–H and O–H groups in total. The zero-order valence-corrected chi connectivity index (χ0v) is 12.8. The van der Waals surface area contributed by atoms with Crippen LogP contribution < -0.4 is 0 Å². The van der Waals surface area contributed by atoms with Crippen LogP contribution in [0, 0.1) is 0 Å². The van der Waals surface area contributed by atoms with E-state index >= 15 is 0 Å².